The Kier molecular flexibility index (Phi) is 7.73. The van der Waals surface area contributed by atoms with E-state index >= 15 is 0 Å². The summed E-state index contributed by atoms with van der Waals surface area (Å²) in [6.07, 6.45) is 1.87. The molecular weight excluding hydrogens is 303 g/mol. The summed E-state index contributed by atoms with van der Waals surface area (Å²) in [4.78, 5) is 19.4. The zero-order valence-electron chi connectivity index (χ0n) is 12.0. The van der Waals surface area contributed by atoms with Crippen LogP contribution in [-0.2, 0) is 14.9 Å². The van der Waals surface area contributed by atoms with E-state index in [2.05, 4.69) is 0 Å². The predicted octanol–water partition coefficient (Wildman–Crippen LogP) is 2.41. The first-order chi connectivity index (χ1) is 9.16. The molecule has 20 heavy (non-hydrogen) atoms. The SMILES string of the molecule is CCCCC(=C(O)C=S(=O)=O)C(CC)(CC)P(=O)(O)O. The summed E-state index contributed by atoms with van der Waals surface area (Å²) in [7, 11) is -7.16. The predicted molar refractivity (Wildman–Crippen MR) is 79.5 cm³/mol. The first-order valence-corrected chi connectivity index (χ1v) is 9.32. The van der Waals surface area contributed by atoms with Crippen molar-refractivity contribution < 1.29 is 27.9 Å². The lowest BCUT2D eigenvalue weighted by Crippen LogP contribution is -2.31. The number of aliphatic hydroxyl groups excluding tert-OH is 1. The Labute approximate surface area is 121 Å². The third-order valence-corrected chi connectivity index (χ3v) is 6.02. The van der Waals surface area contributed by atoms with E-state index in [1.807, 2.05) is 6.92 Å². The molecule has 0 aromatic heterocycles. The molecule has 0 saturated heterocycles. The molecule has 8 heteroatoms. The largest absolute Gasteiger partial charge is 0.507 e. The molecular formula is C12H23O6PS. The monoisotopic (exact) mass is 326 g/mol. The molecule has 0 amide bonds. The van der Waals surface area contributed by atoms with Gasteiger partial charge < -0.3 is 14.9 Å². The van der Waals surface area contributed by atoms with Crippen LogP contribution in [0.1, 0.15) is 52.9 Å². The van der Waals surface area contributed by atoms with Gasteiger partial charge in [-0.05, 0) is 31.3 Å². The van der Waals surface area contributed by atoms with Gasteiger partial charge in [-0.3, -0.25) is 4.57 Å². The molecule has 118 valence electrons. The second-order valence-corrected chi connectivity index (χ2v) is 7.33. The van der Waals surface area contributed by atoms with Crippen LogP contribution in [0.25, 0.3) is 0 Å². The third-order valence-electron chi connectivity index (χ3n) is 3.59. The molecule has 0 aliphatic rings. The zero-order chi connectivity index (χ0) is 16.0. The van der Waals surface area contributed by atoms with Crippen molar-refractivity contribution in [1.82, 2.24) is 0 Å². The number of unbranched alkanes of at least 4 members (excludes halogenated alkanes) is 1. The summed E-state index contributed by atoms with van der Waals surface area (Å²) in [6.45, 7) is 5.15. The van der Waals surface area contributed by atoms with Crippen LogP contribution in [0.3, 0.4) is 0 Å². The summed E-state index contributed by atoms with van der Waals surface area (Å²) in [5.74, 6) is -0.557. The van der Waals surface area contributed by atoms with Crippen LogP contribution in [-0.4, -0.2) is 33.8 Å². The highest BCUT2D eigenvalue weighted by Gasteiger charge is 2.47. The molecule has 0 radical (unpaired) electrons. The number of allylic oxidation sites excluding steroid dienone is 2. The van der Waals surface area contributed by atoms with Crippen LogP contribution < -0.4 is 0 Å². The molecule has 0 unspecified atom stereocenters. The molecule has 0 fully saturated rings. The second kappa shape index (κ2) is 7.98. The average Bonchev–Trinajstić information content (AvgIpc) is 2.32. The minimum atomic E-state index is -4.54. The minimum absolute atomic E-state index is 0.121. The fraction of sp³-hybridized carbons (Fsp3) is 0.750. The zero-order valence-corrected chi connectivity index (χ0v) is 13.7. The lowest BCUT2D eigenvalue weighted by Gasteiger charge is -2.35. The van der Waals surface area contributed by atoms with Crippen molar-refractivity contribution in [3.63, 3.8) is 0 Å². The van der Waals surface area contributed by atoms with Crippen molar-refractivity contribution in [3.05, 3.63) is 11.3 Å². The molecule has 0 rings (SSSR count). The van der Waals surface area contributed by atoms with Gasteiger partial charge in [0.15, 0.2) is 0 Å². The highest BCUT2D eigenvalue weighted by atomic mass is 32.2. The molecule has 0 aromatic rings. The van der Waals surface area contributed by atoms with Crippen molar-refractivity contribution in [1.29, 1.82) is 0 Å². The summed E-state index contributed by atoms with van der Waals surface area (Å²) in [5, 5.41) is 9.04. The lowest BCUT2D eigenvalue weighted by molar-refractivity contribution is 0.319. The maximum Gasteiger partial charge on any atom is 0.335 e. The Balaban J connectivity index is 6.20. The number of hydrogen-bond donors (Lipinski definition) is 3. The van der Waals surface area contributed by atoms with Gasteiger partial charge in [-0.1, -0.05) is 27.2 Å². The Morgan fingerprint density at radius 1 is 1.20 bits per heavy atom. The van der Waals surface area contributed by atoms with Crippen molar-refractivity contribution in [2.24, 2.45) is 0 Å². The van der Waals surface area contributed by atoms with Crippen LogP contribution in [0.5, 0.6) is 0 Å². The normalized spacial score (nSPS) is 13.8. The smallest absolute Gasteiger partial charge is 0.335 e. The fourth-order valence-electron chi connectivity index (χ4n) is 2.38. The van der Waals surface area contributed by atoms with Crippen molar-refractivity contribution in [2.75, 3.05) is 0 Å². The highest BCUT2D eigenvalue weighted by molar-refractivity contribution is 7.71. The Bertz CT molecular complexity index is 516. The van der Waals surface area contributed by atoms with Gasteiger partial charge in [0, 0.05) is 0 Å². The molecule has 0 aliphatic heterocycles. The molecule has 0 heterocycles. The van der Waals surface area contributed by atoms with E-state index in [1.165, 1.54) is 0 Å². The van der Waals surface area contributed by atoms with Gasteiger partial charge in [-0.25, -0.2) is 0 Å². The van der Waals surface area contributed by atoms with Crippen LogP contribution in [0.4, 0.5) is 0 Å². The molecule has 6 nitrogen and oxygen atoms in total. The molecule has 0 atom stereocenters. The third kappa shape index (κ3) is 4.45. The molecule has 0 spiro atoms. The average molecular weight is 326 g/mol. The summed E-state index contributed by atoms with van der Waals surface area (Å²) >= 11 is 0. The van der Waals surface area contributed by atoms with Crippen LogP contribution in [0.15, 0.2) is 11.3 Å². The Hall–Kier alpha value is -0.620. The molecule has 0 bridgehead atoms. The number of hydrogen-bond acceptors (Lipinski definition) is 4. The maximum atomic E-state index is 11.9. The van der Waals surface area contributed by atoms with E-state index in [9.17, 15) is 27.9 Å². The Morgan fingerprint density at radius 2 is 1.70 bits per heavy atom. The standard InChI is InChI=1S/C12H23O6PS/c1-4-7-8-10(11(13)9-20(17)18)12(5-2,6-3)19(14,15)16/h9,13H,4-8H2,1-3H3,(H2,14,15,16). The van der Waals surface area contributed by atoms with E-state index < -0.39 is 28.8 Å². The van der Waals surface area contributed by atoms with Gasteiger partial charge in [0.1, 0.15) is 11.1 Å². The second-order valence-electron chi connectivity index (χ2n) is 4.63. The van der Waals surface area contributed by atoms with Crippen LogP contribution >= 0.6 is 7.60 Å². The van der Waals surface area contributed by atoms with E-state index in [-0.39, 0.29) is 24.8 Å². The van der Waals surface area contributed by atoms with Crippen molar-refractivity contribution >= 4 is 23.3 Å². The van der Waals surface area contributed by atoms with Gasteiger partial charge in [0.05, 0.1) is 5.16 Å². The Morgan fingerprint density at radius 3 is 2.00 bits per heavy atom. The highest BCUT2D eigenvalue weighted by Crippen LogP contribution is 2.59. The van der Waals surface area contributed by atoms with E-state index in [0.29, 0.717) is 11.8 Å². The van der Waals surface area contributed by atoms with Crippen LogP contribution in [0.2, 0.25) is 0 Å². The van der Waals surface area contributed by atoms with Gasteiger partial charge >= 0.3 is 7.60 Å². The first-order valence-electron chi connectivity index (χ1n) is 6.57. The van der Waals surface area contributed by atoms with E-state index in [0.717, 1.165) is 6.42 Å². The maximum absolute atomic E-state index is 11.9. The molecule has 0 aromatic carbocycles. The summed E-state index contributed by atoms with van der Waals surface area (Å²) < 4.78 is 33.3. The summed E-state index contributed by atoms with van der Waals surface area (Å²) in [6, 6.07) is 0. The fourth-order valence-corrected chi connectivity index (χ4v) is 4.11. The lowest BCUT2D eigenvalue weighted by atomic mass is 9.88. The minimum Gasteiger partial charge on any atom is -0.507 e. The number of rotatable bonds is 8. The summed E-state index contributed by atoms with van der Waals surface area (Å²) in [5.41, 5.74) is 0.127. The topological polar surface area (TPSA) is 112 Å². The molecule has 0 aliphatic carbocycles. The van der Waals surface area contributed by atoms with Crippen molar-refractivity contribution in [2.45, 2.75) is 58.0 Å². The quantitative estimate of drug-likeness (QED) is 0.273. The first kappa shape index (κ1) is 19.4. The molecule has 3 N–H and O–H groups in total. The van der Waals surface area contributed by atoms with Crippen LogP contribution in [0, 0.1) is 0 Å². The van der Waals surface area contributed by atoms with Crippen molar-refractivity contribution in [3.8, 4) is 0 Å². The molecule has 0 saturated carbocycles. The van der Waals surface area contributed by atoms with Gasteiger partial charge in [0.25, 0.3) is 0 Å². The number of aliphatic hydroxyl groups is 1. The van der Waals surface area contributed by atoms with Gasteiger partial charge in [-0.15, -0.1) is 0 Å². The van der Waals surface area contributed by atoms with Gasteiger partial charge in [0.2, 0.25) is 10.3 Å². The van der Waals surface area contributed by atoms with E-state index in [1.54, 1.807) is 13.8 Å². The van der Waals surface area contributed by atoms with E-state index in [4.69, 9.17) is 0 Å². The van der Waals surface area contributed by atoms with Gasteiger partial charge in [-0.2, -0.15) is 8.42 Å².